The number of rotatable bonds is 4. The Kier molecular flexibility index (Phi) is 5.50. The van der Waals surface area contributed by atoms with Gasteiger partial charge in [-0.1, -0.05) is 37.3 Å². The molecule has 1 aliphatic rings. The Balaban J connectivity index is 1.61. The van der Waals surface area contributed by atoms with Crippen molar-refractivity contribution in [3.63, 3.8) is 0 Å². The number of benzene rings is 1. The van der Waals surface area contributed by atoms with Gasteiger partial charge in [-0.25, -0.2) is 0 Å². The van der Waals surface area contributed by atoms with Crippen LogP contribution in [0, 0.1) is 5.92 Å². The van der Waals surface area contributed by atoms with E-state index in [-0.39, 0.29) is 5.91 Å². The van der Waals surface area contributed by atoms with Gasteiger partial charge in [0.1, 0.15) is 0 Å². The highest BCUT2D eigenvalue weighted by Crippen LogP contribution is 2.32. The van der Waals surface area contributed by atoms with Crippen molar-refractivity contribution >= 4 is 23.2 Å². The van der Waals surface area contributed by atoms with E-state index in [1.807, 2.05) is 36.4 Å². The number of methoxy groups -OCH3 is 1. The maximum Gasteiger partial charge on any atom is 0.279 e. The van der Waals surface area contributed by atoms with Gasteiger partial charge in [0.25, 0.3) is 11.8 Å². The largest absolute Gasteiger partial charge is 0.367 e. The molecule has 2 atom stereocenters. The number of carbonyl (C=O) groups is 2. The van der Waals surface area contributed by atoms with Crippen molar-refractivity contribution < 1.29 is 14.3 Å². The van der Waals surface area contributed by atoms with Crippen LogP contribution in [0.25, 0.3) is 0 Å². The van der Waals surface area contributed by atoms with E-state index in [0.717, 1.165) is 24.8 Å². The number of ether oxygens (including phenoxy) is 1. The number of amides is 2. The number of nitrogens with one attached hydrogen (secondary N) is 2. The summed E-state index contributed by atoms with van der Waals surface area (Å²) in [5, 5.41) is 0. The Morgan fingerprint density at radius 3 is 2.72 bits per heavy atom. The highest BCUT2D eigenvalue weighted by Gasteiger charge is 2.23. The van der Waals surface area contributed by atoms with Crippen LogP contribution in [0.15, 0.2) is 36.4 Å². The lowest BCUT2D eigenvalue weighted by Crippen LogP contribution is -2.44. The Bertz CT molecular complexity index is 757. The molecule has 0 saturated heterocycles. The SMILES string of the molecule is COC(C(=O)NNC(=O)c1cc2c(s1)CCC(C)C2)c1ccccc1. The first-order valence-electron chi connectivity index (χ1n) is 8.38. The van der Waals surface area contributed by atoms with Crippen molar-refractivity contribution in [2.24, 2.45) is 5.92 Å². The molecular weight excluding hydrogens is 336 g/mol. The van der Waals surface area contributed by atoms with Crippen LogP contribution in [0.5, 0.6) is 0 Å². The third kappa shape index (κ3) is 4.08. The molecule has 1 aromatic carbocycles. The minimum Gasteiger partial charge on any atom is -0.367 e. The molecular formula is C19H22N2O3S. The summed E-state index contributed by atoms with van der Waals surface area (Å²) >= 11 is 1.51. The molecule has 25 heavy (non-hydrogen) atoms. The van der Waals surface area contributed by atoms with E-state index >= 15 is 0 Å². The zero-order valence-electron chi connectivity index (χ0n) is 14.4. The highest BCUT2D eigenvalue weighted by atomic mass is 32.1. The lowest BCUT2D eigenvalue weighted by Gasteiger charge is -2.16. The van der Waals surface area contributed by atoms with E-state index in [0.29, 0.717) is 10.8 Å². The number of aryl methyl sites for hydroxylation is 1. The van der Waals surface area contributed by atoms with E-state index in [1.165, 1.54) is 28.9 Å². The second-order valence-electron chi connectivity index (χ2n) is 6.38. The summed E-state index contributed by atoms with van der Waals surface area (Å²) in [6.07, 6.45) is 2.45. The van der Waals surface area contributed by atoms with Crippen LogP contribution in [-0.2, 0) is 22.4 Å². The number of fused-ring (bicyclic) bond motifs is 1. The summed E-state index contributed by atoms with van der Waals surface area (Å²) in [5.41, 5.74) is 6.96. The van der Waals surface area contributed by atoms with Gasteiger partial charge >= 0.3 is 0 Å². The molecule has 2 aromatic rings. The summed E-state index contributed by atoms with van der Waals surface area (Å²) in [4.78, 5) is 26.6. The van der Waals surface area contributed by atoms with Crippen LogP contribution in [-0.4, -0.2) is 18.9 Å². The lowest BCUT2D eigenvalue weighted by atomic mass is 9.90. The Morgan fingerprint density at radius 1 is 1.24 bits per heavy atom. The van der Waals surface area contributed by atoms with Crippen LogP contribution in [0.1, 0.15) is 45.1 Å². The first-order valence-corrected chi connectivity index (χ1v) is 9.19. The van der Waals surface area contributed by atoms with Gasteiger partial charge in [-0.2, -0.15) is 0 Å². The highest BCUT2D eigenvalue weighted by molar-refractivity contribution is 7.14. The van der Waals surface area contributed by atoms with Crippen molar-refractivity contribution in [3.8, 4) is 0 Å². The van der Waals surface area contributed by atoms with Gasteiger partial charge in [-0.05, 0) is 42.4 Å². The quantitative estimate of drug-likeness (QED) is 0.826. The molecule has 0 radical (unpaired) electrons. The Morgan fingerprint density at radius 2 is 2.00 bits per heavy atom. The van der Waals surface area contributed by atoms with Crippen LogP contribution >= 0.6 is 11.3 Å². The predicted octanol–water partition coefficient (Wildman–Crippen LogP) is 3.02. The Hall–Kier alpha value is -2.18. The maximum atomic E-state index is 12.3. The molecule has 0 fully saturated rings. The molecule has 2 N–H and O–H groups in total. The third-order valence-corrected chi connectivity index (χ3v) is 5.66. The molecule has 6 heteroatoms. The number of hydrogen-bond acceptors (Lipinski definition) is 4. The topological polar surface area (TPSA) is 67.4 Å². The molecule has 0 saturated carbocycles. The van der Waals surface area contributed by atoms with Crippen molar-refractivity contribution in [3.05, 3.63) is 57.3 Å². The number of thiophene rings is 1. The maximum absolute atomic E-state index is 12.3. The molecule has 2 amide bonds. The first-order chi connectivity index (χ1) is 12.1. The van der Waals surface area contributed by atoms with Crippen LogP contribution in [0.3, 0.4) is 0 Å². The van der Waals surface area contributed by atoms with E-state index < -0.39 is 12.0 Å². The van der Waals surface area contributed by atoms with Gasteiger partial charge in [-0.15, -0.1) is 11.3 Å². The second kappa shape index (κ2) is 7.80. The van der Waals surface area contributed by atoms with Crippen molar-refractivity contribution in [2.75, 3.05) is 7.11 Å². The Labute approximate surface area is 151 Å². The van der Waals surface area contributed by atoms with Crippen LogP contribution < -0.4 is 10.9 Å². The summed E-state index contributed by atoms with van der Waals surface area (Å²) in [7, 11) is 1.47. The van der Waals surface area contributed by atoms with Crippen LogP contribution in [0.4, 0.5) is 0 Å². The van der Waals surface area contributed by atoms with E-state index in [4.69, 9.17) is 4.74 Å². The van der Waals surface area contributed by atoms with Gasteiger partial charge < -0.3 is 4.74 Å². The van der Waals surface area contributed by atoms with E-state index in [1.54, 1.807) is 0 Å². The first kappa shape index (κ1) is 17.6. The fourth-order valence-electron chi connectivity index (χ4n) is 3.09. The minimum atomic E-state index is -0.765. The van der Waals surface area contributed by atoms with Crippen LogP contribution in [0.2, 0.25) is 0 Å². The third-order valence-electron chi connectivity index (χ3n) is 4.43. The van der Waals surface area contributed by atoms with Crippen molar-refractivity contribution in [1.29, 1.82) is 0 Å². The lowest BCUT2D eigenvalue weighted by molar-refractivity contribution is -0.132. The normalized spacial score (nSPS) is 17.4. The molecule has 5 nitrogen and oxygen atoms in total. The van der Waals surface area contributed by atoms with Gasteiger partial charge in [0.15, 0.2) is 6.10 Å². The number of carbonyl (C=O) groups excluding carboxylic acids is 2. The van der Waals surface area contributed by atoms with Gasteiger partial charge in [0.2, 0.25) is 0 Å². The van der Waals surface area contributed by atoms with Gasteiger partial charge in [0, 0.05) is 12.0 Å². The minimum absolute atomic E-state index is 0.289. The smallest absolute Gasteiger partial charge is 0.279 e. The molecule has 1 aliphatic carbocycles. The molecule has 0 spiro atoms. The summed E-state index contributed by atoms with van der Waals surface area (Å²) in [5.74, 6) is -0.0358. The average Bonchev–Trinajstić information content (AvgIpc) is 3.04. The second-order valence-corrected chi connectivity index (χ2v) is 7.51. The van der Waals surface area contributed by atoms with Gasteiger partial charge in [-0.3, -0.25) is 20.4 Å². The molecule has 132 valence electrons. The summed E-state index contributed by atoms with van der Waals surface area (Å²) in [6, 6.07) is 11.1. The molecule has 0 aliphatic heterocycles. The van der Waals surface area contributed by atoms with E-state index in [9.17, 15) is 9.59 Å². The monoisotopic (exact) mass is 358 g/mol. The molecule has 0 bridgehead atoms. The average molecular weight is 358 g/mol. The standard InChI is InChI=1S/C19H22N2O3S/c1-12-8-9-15-14(10-12)11-16(25-15)18(22)20-21-19(23)17(24-2)13-6-4-3-5-7-13/h3-7,11-12,17H,8-10H2,1-2H3,(H,20,22)(H,21,23). The zero-order chi connectivity index (χ0) is 17.8. The number of hydrogen-bond donors (Lipinski definition) is 2. The molecule has 2 unspecified atom stereocenters. The van der Waals surface area contributed by atoms with E-state index in [2.05, 4.69) is 17.8 Å². The molecule has 1 aromatic heterocycles. The molecule has 1 heterocycles. The fraction of sp³-hybridized carbons (Fsp3) is 0.368. The summed E-state index contributed by atoms with van der Waals surface area (Å²) < 4.78 is 5.25. The molecule has 3 rings (SSSR count). The van der Waals surface area contributed by atoms with Crippen molar-refractivity contribution in [2.45, 2.75) is 32.3 Å². The fourth-order valence-corrected chi connectivity index (χ4v) is 4.19. The predicted molar refractivity (Wildman–Crippen MR) is 97.3 cm³/mol. The van der Waals surface area contributed by atoms with Gasteiger partial charge in [0.05, 0.1) is 4.88 Å². The van der Waals surface area contributed by atoms with Crippen molar-refractivity contribution in [1.82, 2.24) is 10.9 Å². The number of hydrazine groups is 1. The zero-order valence-corrected chi connectivity index (χ0v) is 15.2. The summed E-state index contributed by atoms with van der Waals surface area (Å²) in [6.45, 7) is 2.23.